The Bertz CT molecular complexity index is 1030. The maximum absolute atomic E-state index is 12.0. The number of methoxy groups -OCH3 is 1. The summed E-state index contributed by atoms with van der Waals surface area (Å²) in [5, 5.41) is 4.20. The minimum atomic E-state index is -0.274. The van der Waals surface area contributed by atoms with Crippen LogP contribution in [0.1, 0.15) is 19.4 Å². The summed E-state index contributed by atoms with van der Waals surface area (Å²) >= 11 is 0. The van der Waals surface area contributed by atoms with Gasteiger partial charge in [0.05, 0.1) is 25.6 Å². The minimum Gasteiger partial charge on any atom is -0.497 e. The highest BCUT2D eigenvalue weighted by Gasteiger charge is 2.05. The molecule has 0 aliphatic carbocycles. The third-order valence-corrected chi connectivity index (χ3v) is 3.99. The Morgan fingerprint density at radius 2 is 1.93 bits per heavy atom. The van der Waals surface area contributed by atoms with Gasteiger partial charge in [-0.15, -0.1) is 0 Å². The number of hydrazone groups is 1. The first-order valence-corrected chi connectivity index (χ1v) is 9.32. The quantitative estimate of drug-likeness (QED) is 0.448. The number of anilines is 1. The van der Waals surface area contributed by atoms with Gasteiger partial charge in [-0.1, -0.05) is 26.0 Å². The van der Waals surface area contributed by atoms with E-state index in [0.717, 1.165) is 22.6 Å². The molecular weight excluding hydrogens is 368 g/mol. The van der Waals surface area contributed by atoms with E-state index >= 15 is 0 Å². The average Bonchev–Trinajstić information content (AvgIpc) is 2.72. The molecule has 0 saturated heterocycles. The van der Waals surface area contributed by atoms with Gasteiger partial charge in [0.15, 0.2) is 0 Å². The number of nitrogens with zero attached hydrogens (tertiary/aromatic N) is 2. The summed E-state index contributed by atoms with van der Waals surface area (Å²) in [5.41, 5.74) is 4.67. The van der Waals surface area contributed by atoms with Gasteiger partial charge in [-0.25, -0.2) is 10.4 Å². The van der Waals surface area contributed by atoms with Crippen molar-refractivity contribution in [2.24, 2.45) is 11.0 Å². The van der Waals surface area contributed by atoms with Crippen molar-refractivity contribution in [1.82, 2.24) is 9.97 Å². The summed E-state index contributed by atoms with van der Waals surface area (Å²) in [6.07, 6.45) is 1.63. The van der Waals surface area contributed by atoms with Crippen LogP contribution in [0.4, 0.5) is 5.95 Å². The number of benzene rings is 2. The molecule has 0 aliphatic heterocycles. The Kier molecular flexibility index (Phi) is 6.63. The number of hydrogen-bond acceptors (Lipinski definition) is 6. The predicted octanol–water partition coefficient (Wildman–Crippen LogP) is 3.93. The summed E-state index contributed by atoms with van der Waals surface area (Å²) in [6, 6.07) is 16.4. The van der Waals surface area contributed by atoms with E-state index in [4.69, 9.17) is 9.47 Å². The molecule has 0 spiro atoms. The van der Waals surface area contributed by atoms with Crippen LogP contribution in [0.15, 0.2) is 64.5 Å². The monoisotopic (exact) mass is 392 g/mol. The molecule has 0 radical (unpaired) electrons. The number of hydrogen-bond donors (Lipinski definition) is 2. The van der Waals surface area contributed by atoms with E-state index in [2.05, 4.69) is 34.3 Å². The highest BCUT2D eigenvalue weighted by Crippen LogP contribution is 2.20. The minimum absolute atomic E-state index is 0.250. The second-order valence-corrected chi connectivity index (χ2v) is 6.82. The van der Waals surface area contributed by atoms with Crippen LogP contribution in [0, 0.1) is 5.92 Å². The number of para-hydroxylation sites is 1. The second kappa shape index (κ2) is 9.54. The highest BCUT2D eigenvalue weighted by atomic mass is 16.5. The molecular formula is C22H24N4O3. The Morgan fingerprint density at radius 3 is 2.66 bits per heavy atom. The van der Waals surface area contributed by atoms with Crippen molar-refractivity contribution in [2.75, 3.05) is 19.1 Å². The first-order valence-electron chi connectivity index (χ1n) is 9.32. The number of nitrogens with one attached hydrogen (secondary N) is 2. The van der Waals surface area contributed by atoms with Gasteiger partial charge in [0.1, 0.15) is 11.5 Å². The van der Waals surface area contributed by atoms with Crippen molar-refractivity contribution < 1.29 is 9.47 Å². The number of ether oxygens (including phenoxy) is 2. The molecule has 0 amide bonds. The maximum atomic E-state index is 12.0. The standard InChI is InChI=1S/C22H24N4O3/c1-15(2)14-29-20-7-5-4-6-17(20)13-23-26-22-24-19(12-21(27)25-22)16-8-10-18(28-3)11-9-16/h4-13,15H,14H2,1-3H3,(H2,24,25,26,27)/b23-13-. The zero-order chi connectivity index (χ0) is 20.6. The van der Waals surface area contributed by atoms with Crippen LogP contribution in [0.2, 0.25) is 0 Å². The zero-order valence-corrected chi connectivity index (χ0v) is 16.7. The van der Waals surface area contributed by atoms with Crippen LogP contribution in [-0.2, 0) is 0 Å². The fraction of sp³-hybridized carbons (Fsp3) is 0.227. The van der Waals surface area contributed by atoms with E-state index in [1.165, 1.54) is 6.07 Å². The van der Waals surface area contributed by atoms with Crippen molar-refractivity contribution in [2.45, 2.75) is 13.8 Å². The molecule has 7 heteroatoms. The lowest BCUT2D eigenvalue weighted by Gasteiger charge is -2.10. The van der Waals surface area contributed by atoms with Gasteiger partial charge in [-0.2, -0.15) is 5.10 Å². The SMILES string of the molecule is COc1ccc(-c2cc(=O)[nH]c(N/N=C\c3ccccc3OCC(C)C)n2)cc1. The molecule has 0 unspecified atom stereocenters. The molecule has 29 heavy (non-hydrogen) atoms. The maximum Gasteiger partial charge on any atom is 0.252 e. The van der Waals surface area contributed by atoms with E-state index in [1.54, 1.807) is 13.3 Å². The Hall–Kier alpha value is -3.61. The molecule has 3 rings (SSSR count). The molecule has 0 saturated carbocycles. The summed E-state index contributed by atoms with van der Waals surface area (Å²) in [6.45, 7) is 4.81. The molecule has 0 fully saturated rings. The van der Waals surface area contributed by atoms with Crippen LogP contribution in [-0.4, -0.2) is 29.9 Å². The molecule has 3 aromatic rings. The van der Waals surface area contributed by atoms with Gasteiger partial charge in [-0.05, 0) is 42.3 Å². The third-order valence-electron chi connectivity index (χ3n) is 3.99. The van der Waals surface area contributed by atoms with Crippen LogP contribution < -0.4 is 20.5 Å². The van der Waals surface area contributed by atoms with Gasteiger partial charge in [0.2, 0.25) is 5.95 Å². The number of aromatic amines is 1. The third kappa shape index (κ3) is 5.68. The molecule has 150 valence electrons. The smallest absolute Gasteiger partial charge is 0.252 e. The molecule has 1 heterocycles. The Morgan fingerprint density at radius 1 is 1.17 bits per heavy atom. The van der Waals surface area contributed by atoms with Gasteiger partial charge in [-0.3, -0.25) is 9.78 Å². The van der Waals surface area contributed by atoms with Crippen molar-refractivity contribution >= 4 is 12.2 Å². The number of aromatic nitrogens is 2. The first-order chi connectivity index (χ1) is 14.0. The van der Waals surface area contributed by atoms with Gasteiger partial charge >= 0.3 is 0 Å². The lowest BCUT2D eigenvalue weighted by Crippen LogP contribution is -2.10. The fourth-order valence-corrected chi connectivity index (χ4v) is 2.56. The van der Waals surface area contributed by atoms with E-state index < -0.39 is 0 Å². The van der Waals surface area contributed by atoms with E-state index in [9.17, 15) is 4.79 Å². The van der Waals surface area contributed by atoms with Crippen molar-refractivity contribution in [3.63, 3.8) is 0 Å². The molecule has 0 bridgehead atoms. The summed E-state index contributed by atoms with van der Waals surface area (Å²) in [7, 11) is 1.60. The molecule has 7 nitrogen and oxygen atoms in total. The molecule has 2 aromatic carbocycles. The van der Waals surface area contributed by atoms with Crippen molar-refractivity contribution in [1.29, 1.82) is 0 Å². The van der Waals surface area contributed by atoms with Gasteiger partial charge < -0.3 is 9.47 Å². The first kappa shape index (κ1) is 20.1. The number of H-pyrrole nitrogens is 1. The lowest BCUT2D eigenvalue weighted by atomic mass is 10.1. The van der Waals surface area contributed by atoms with Crippen LogP contribution in [0.5, 0.6) is 11.5 Å². The average molecular weight is 392 g/mol. The number of rotatable bonds is 8. The van der Waals surface area contributed by atoms with Crippen molar-refractivity contribution in [3.05, 3.63) is 70.5 Å². The Balaban J connectivity index is 1.76. The molecule has 1 aromatic heterocycles. The largest absolute Gasteiger partial charge is 0.497 e. The predicted molar refractivity (Wildman–Crippen MR) is 115 cm³/mol. The van der Waals surface area contributed by atoms with Crippen LogP contribution >= 0.6 is 0 Å². The normalized spacial score (nSPS) is 11.0. The summed E-state index contributed by atoms with van der Waals surface area (Å²) < 4.78 is 11.0. The lowest BCUT2D eigenvalue weighted by molar-refractivity contribution is 0.271. The van der Waals surface area contributed by atoms with Crippen molar-refractivity contribution in [3.8, 4) is 22.8 Å². The van der Waals surface area contributed by atoms with Gasteiger partial charge in [0, 0.05) is 17.2 Å². The highest BCUT2D eigenvalue weighted by molar-refractivity contribution is 5.83. The second-order valence-electron chi connectivity index (χ2n) is 6.82. The van der Waals surface area contributed by atoms with E-state index in [-0.39, 0.29) is 11.5 Å². The van der Waals surface area contributed by atoms with Gasteiger partial charge in [0.25, 0.3) is 5.56 Å². The molecule has 2 N–H and O–H groups in total. The van der Waals surface area contributed by atoms with E-state index in [0.29, 0.717) is 18.2 Å². The van der Waals surface area contributed by atoms with Crippen LogP contribution in [0.25, 0.3) is 11.3 Å². The zero-order valence-electron chi connectivity index (χ0n) is 16.7. The summed E-state index contributed by atoms with van der Waals surface area (Å²) in [4.78, 5) is 19.1. The molecule has 0 atom stereocenters. The molecule has 0 aliphatic rings. The Labute approximate surface area is 169 Å². The topological polar surface area (TPSA) is 88.6 Å². The van der Waals surface area contributed by atoms with E-state index in [1.807, 2.05) is 48.5 Å². The van der Waals surface area contributed by atoms with Crippen LogP contribution in [0.3, 0.4) is 0 Å². The fourth-order valence-electron chi connectivity index (χ4n) is 2.56. The summed E-state index contributed by atoms with van der Waals surface area (Å²) in [5.74, 6) is 2.16.